The van der Waals surface area contributed by atoms with E-state index in [0.29, 0.717) is 18.2 Å². The van der Waals surface area contributed by atoms with E-state index in [4.69, 9.17) is 5.73 Å². The number of aromatic nitrogens is 3. The fourth-order valence-corrected chi connectivity index (χ4v) is 4.39. The Kier molecular flexibility index (Phi) is 4.93. The van der Waals surface area contributed by atoms with Gasteiger partial charge in [0.15, 0.2) is 0 Å². The van der Waals surface area contributed by atoms with Crippen molar-refractivity contribution in [1.82, 2.24) is 20.3 Å². The van der Waals surface area contributed by atoms with Crippen molar-refractivity contribution in [3.05, 3.63) is 77.5 Å². The molecule has 4 heterocycles. The van der Waals surface area contributed by atoms with E-state index in [2.05, 4.69) is 26.3 Å². The average molecular weight is 401 g/mol. The Hall–Kier alpha value is -3.25. The van der Waals surface area contributed by atoms with Gasteiger partial charge >= 0.3 is 0 Å². The zero-order valence-electron chi connectivity index (χ0n) is 16.7. The SMILES string of the molecule is Nc1cc(-c2ccnc3[nH]c(C4CCNCC4)cc23)c(Cc2cccc(F)c2)cn1. The number of nitrogens with one attached hydrogen (secondary N) is 2. The molecule has 3 aromatic heterocycles. The van der Waals surface area contributed by atoms with Crippen molar-refractivity contribution in [1.29, 1.82) is 0 Å². The fraction of sp³-hybridized carbons (Fsp3) is 0.250. The van der Waals surface area contributed by atoms with E-state index < -0.39 is 0 Å². The highest BCUT2D eigenvalue weighted by Gasteiger charge is 2.19. The maximum atomic E-state index is 13.7. The number of hydrogen-bond donors (Lipinski definition) is 3. The summed E-state index contributed by atoms with van der Waals surface area (Å²) in [5.41, 5.74) is 12.1. The maximum Gasteiger partial charge on any atom is 0.138 e. The topological polar surface area (TPSA) is 79.6 Å². The molecule has 0 spiro atoms. The number of H-pyrrole nitrogens is 1. The van der Waals surface area contributed by atoms with Crippen LogP contribution in [-0.2, 0) is 6.42 Å². The number of piperidine rings is 1. The van der Waals surface area contributed by atoms with Crippen LogP contribution in [0.3, 0.4) is 0 Å². The monoisotopic (exact) mass is 401 g/mol. The van der Waals surface area contributed by atoms with Crippen LogP contribution in [0.15, 0.2) is 54.9 Å². The van der Waals surface area contributed by atoms with Gasteiger partial charge in [-0.1, -0.05) is 12.1 Å². The molecule has 5 rings (SSSR count). The Bertz CT molecular complexity index is 1190. The Morgan fingerprint density at radius 2 is 1.90 bits per heavy atom. The molecular weight excluding hydrogens is 377 g/mol. The Balaban J connectivity index is 1.59. The lowest BCUT2D eigenvalue weighted by atomic mass is 9.93. The number of nitrogen functional groups attached to an aromatic ring is 1. The van der Waals surface area contributed by atoms with Crippen molar-refractivity contribution in [2.45, 2.75) is 25.2 Å². The van der Waals surface area contributed by atoms with Gasteiger partial charge in [-0.15, -0.1) is 0 Å². The normalized spacial score (nSPS) is 15.0. The van der Waals surface area contributed by atoms with Crippen molar-refractivity contribution < 1.29 is 4.39 Å². The van der Waals surface area contributed by atoms with Crippen LogP contribution in [0.25, 0.3) is 22.2 Å². The number of halogens is 1. The van der Waals surface area contributed by atoms with Crippen LogP contribution in [0.4, 0.5) is 10.2 Å². The summed E-state index contributed by atoms with van der Waals surface area (Å²) in [7, 11) is 0. The van der Waals surface area contributed by atoms with Crippen LogP contribution in [-0.4, -0.2) is 28.0 Å². The highest BCUT2D eigenvalue weighted by Crippen LogP contribution is 2.35. The molecule has 0 radical (unpaired) electrons. The van der Waals surface area contributed by atoms with Crippen molar-refractivity contribution in [3.8, 4) is 11.1 Å². The smallest absolute Gasteiger partial charge is 0.138 e. The molecule has 5 nitrogen and oxygen atoms in total. The quantitative estimate of drug-likeness (QED) is 0.473. The molecular formula is C24H24FN5. The first-order valence-corrected chi connectivity index (χ1v) is 10.3. The first kappa shape index (κ1) is 18.8. The molecule has 0 atom stereocenters. The van der Waals surface area contributed by atoms with Crippen LogP contribution >= 0.6 is 0 Å². The summed E-state index contributed by atoms with van der Waals surface area (Å²) in [5, 5.41) is 4.50. The molecule has 1 aliphatic heterocycles. The van der Waals surface area contributed by atoms with Crippen LogP contribution < -0.4 is 11.1 Å². The molecule has 1 aliphatic rings. The van der Waals surface area contributed by atoms with Gasteiger partial charge < -0.3 is 16.0 Å². The van der Waals surface area contributed by atoms with E-state index in [1.165, 1.54) is 11.8 Å². The van der Waals surface area contributed by atoms with Crippen LogP contribution in [0.2, 0.25) is 0 Å². The molecule has 1 saturated heterocycles. The van der Waals surface area contributed by atoms with Gasteiger partial charge in [-0.25, -0.2) is 14.4 Å². The van der Waals surface area contributed by atoms with Crippen molar-refractivity contribution in [2.75, 3.05) is 18.8 Å². The number of rotatable bonds is 4. The van der Waals surface area contributed by atoms with Gasteiger partial charge in [0.1, 0.15) is 17.3 Å². The average Bonchev–Trinajstić information content (AvgIpc) is 3.20. The number of benzene rings is 1. The van der Waals surface area contributed by atoms with E-state index >= 15 is 0 Å². The van der Waals surface area contributed by atoms with Gasteiger partial charge in [-0.05, 0) is 84.9 Å². The van der Waals surface area contributed by atoms with Gasteiger partial charge in [-0.2, -0.15) is 0 Å². The maximum absolute atomic E-state index is 13.7. The molecule has 0 aliphatic carbocycles. The lowest BCUT2D eigenvalue weighted by Crippen LogP contribution is -2.26. The minimum absolute atomic E-state index is 0.235. The highest BCUT2D eigenvalue weighted by atomic mass is 19.1. The lowest BCUT2D eigenvalue weighted by molar-refractivity contribution is 0.455. The van der Waals surface area contributed by atoms with Gasteiger partial charge in [0.2, 0.25) is 0 Å². The van der Waals surface area contributed by atoms with E-state index in [1.807, 2.05) is 24.4 Å². The van der Waals surface area contributed by atoms with Gasteiger partial charge in [-0.3, -0.25) is 0 Å². The molecule has 4 N–H and O–H groups in total. The number of hydrogen-bond acceptors (Lipinski definition) is 4. The van der Waals surface area contributed by atoms with Crippen molar-refractivity contribution in [3.63, 3.8) is 0 Å². The highest BCUT2D eigenvalue weighted by molar-refractivity contribution is 5.94. The molecule has 30 heavy (non-hydrogen) atoms. The second-order valence-corrected chi connectivity index (χ2v) is 7.94. The van der Waals surface area contributed by atoms with E-state index in [0.717, 1.165) is 59.2 Å². The molecule has 0 bridgehead atoms. The first-order valence-electron chi connectivity index (χ1n) is 10.3. The number of aromatic amines is 1. The van der Waals surface area contributed by atoms with E-state index in [-0.39, 0.29) is 5.82 Å². The zero-order chi connectivity index (χ0) is 20.5. The molecule has 0 saturated carbocycles. The Morgan fingerprint density at radius 1 is 1.03 bits per heavy atom. The third kappa shape index (κ3) is 3.66. The summed E-state index contributed by atoms with van der Waals surface area (Å²) in [6.07, 6.45) is 6.44. The largest absolute Gasteiger partial charge is 0.384 e. The van der Waals surface area contributed by atoms with Crippen molar-refractivity contribution >= 4 is 16.9 Å². The first-order chi connectivity index (χ1) is 14.7. The molecule has 1 aromatic carbocycles. The minimum atomic E-state index is -0.235. The number of anilines is 1. The number of pyridine rings is 2. The molecule has 152 valence electrons. The third-order valence-electron chi connectivity index (χ3n) is 5.91. The predicted molar refractivity (Wildman–Crippen MR) is 118 cm³/mol. The minimum Gasteiger partial charge on any atom is -0.384 e. The van der Waals surface area contributed by atoms with E-state index in [1.54, 1.807) is 18.3 Å². The van der Waals surface area contributed by atoms with Gasteiger partial charge in [0, 0.05) is 29.4 Å². The Labute approximate surface area is 174 Å². The van der Waals surface area contributed by atoms with Crippen molar-refractivity contribution in [2.24, 2.45) is 0 Å². The van der Waals surface area contributed by atoms with Crippen LogP contribution in [0, 0.1) is 5.82 Å². The Morgan fingerprint density at radius 3 is 2.73 bits per heavy atom. The second-order valence-electron chi connectivity index (χ2n) is 7.94. The van der Waals surface area contributed by atoms with E-state index in [9.17, 15) is 4.39 Å². The van der Waals surface area contributed by atoms with Gasteiger partial charge in [0.05, 0.1) is 0 Å². The van der Waals surface area contributed by atoms with Crippen LogP contribution in [0.5, 0.6) is 0 Å². The van der Waals surface area contributed by atoms with Gasteiger partial charge in [0.25, 0.3) is 0 Å². The van der Waals surface area contributed by atoms with Crippen LogP contribution in [0.1, 0.15) is 35.6 Å². The molecule has 0 amide bonds. The third-order valence-corrected chi connectivity index (χ3v) is 5.91. The molecule has 0 unspecified atom stereocenters. The summed E-state index contributed by atoms with van der Waals surface area (Å²) >= 11 is 0. The number of nitrogens with two attached hydrogens (primary N) is 1. The zero-order valence-corrected chi connectivity index (χ0v) is 16.7. The molecule has 1 fully saturated rings. The summed E-state index contributed by atoms with van der Waals surface area (Å²) in [6.45, 7) is 2.08. The standard InChI is InChI=1S/C24H24FN5/c25-18-3-1-2-15(11-18)10-17-14-29-23(26)13-20(17)19-6-9-28-24-21(19)12-22(30-24)16-4-7-27-8-5-16/h1-3,6,9,11-14,16,27H,4-5,7-8,10H2,(H2,26,29)(H,28,30). The fourth-order valence-electron chi connectivity index (χ4n) is 4.39. The number of fused-ring (bicyclic) bond motifs is 1. The summed E-state index contributed by atoms with van der Waals surface area (Å²) in [6, 6.07) is 12.8. The molecule has 4 aromatic rings. The summed E-state index contributed by atoms with van der Waals surface area (Å²) in [5.74, 6) is 0.746. The lowest BCUT2D eigenvalue weighted by Gasteiger charge is -2.21. The summed E-state index contributed by atoms with van der Waals surface area (Å²) < 4.78 is 13.7. The molecule has 6 heteroatoms. The predicted octanol–water partition coefficient (Wildman–Crippen LogP) is 4.40. The second kappa shape index (κ2) is 7.88. The summed E-state index contributed by atoms with van der Waals surface area (Å²) in [4.78, 5) is 12.4. The number of nitrogens with zero attached hydrogens (tertiary/aromatic N) is 2.